The van der Waals surface area contributed by atoms with Crippen molar-refractivity contribution in [3.8, 4) is 0 Å². The fourth-order valence-electron chi connectivity index (χ4n) is 1.38. The third-order valence-corrected chi connectivity index (χ3v) is 2.20. The number of benzene rings is 2. The lowest BCUT2D eigenvalue weighted by molar-refractivity contribution is 0.0817. The van der Waals surface area contributed by atoms with Crippen LogP contribution in [0.2, 0.25) is 0 Å². The highest BCUT2D eigenvalue weighted by atomic mass is 16.2. The molecule has 2 aromatic rings. The molecule has 0 aliphatic rings. The van der Waals surface area contributed by atoms with Crippen LogP contribution in [-0.2, 0) is 0 Å². The van der Waals surface area contributed by atoms with Crippen LogP contribution in [0.5, 0.6) is 0 Å². The van der Waals surface area contributed by atoms with E-state index in [0.717, 1.165) is 0 Å². The van der Waals surface area contributed by atoms with Gasteiger partial charge in [0, 0.05) is 11.1 Å². The molecule has 0 aliphatic heterocycles. The number of carbonyl (C=O) groups is 2. The third-order valence-electron chi connectivity index (χ3n) is 2.20. The lowest BCUT2D eigenvalue weighted by atomic mass is 10.0. The molecule has 0 N–H and O–H groups in total. The monoisotopic (exact) mass is 211 g/mol. The van der Waals surface area contributed by atoms with Crippen LogP contribution in [0, 0.1) is 0 Å². The molecule has 0 amide bonds. The summed E-state index contributed by atoms with van der Waals surface area (Å²) in [4.78, 5) is 23.8. The Hall–Kier alpha value is -2.22. The summed E-state index contributed by atoms with van der Waals surface area (Å²) < 4.78 is 7.58. The molecule has 0 atom stereocenters. The fourth-order valence-corrected chi connectivity index (χ4v) is 1.38. The lowest BCUT2D eigenvalue weighted by Gasteiger charge is -1.99. The average molecular weight is 211 g/mol. The average Bonchev–Trinajstić information content (AvgIpc) is 2.39. The second-order valence-corrected chi connectivity index (χ2v) is 3.30. The Morgan fingerprint density at radius 3 is 1.88 bits per heavy atom. The molecule has 0 saturated carbocycles. The standard InChI is InChI=1S/C14H10O2/c15-13(11-7-3-1-4-8-11)14(16)12-9-5-2-6-10-12/h1-10H/i7D. The fraction of sp³-hybridized carbons (Fsp3) is 0. The van der Waals surface area contributed by atoms with Crippen molar-refractivity contribution in [1.82, 2.24) is 0 Å². The smallest absolute Gasteiger partial charge is 0.233 e. The van der Waals surface area contributed by atoms with Crippen molar-refractivity contribution in [1.29, 1.82) is 0 Å². The Bertz CT molecular complexity index is 561. The third kappa shape index (κ3) is 2.06. The van der Waals surface area contributed by atoms with Crippen molar-refractivity contribution in [3.63, 3.8) is 0 Å². The molecule has 2 nitrogen and oxygen atoms in total. The van der Waals surface area contributed by atoms with Gasteiger partial charge in [-0.25, -0.2) is 0 Å². The molecule has 0 unspecified atom stereocenters. The van der Waals surface area contributed by atoms with Crippen molar-refractivity contribution in [2.24, 2.45) is 0 Å². The van der Waals surface area contributed by atoms with Crippen LogP contribution in [-0.4, -0.2) is 11.6 Å². The Balaban J connectivity index is 2.34. The maximum Gasteiger partial charge on any atom is 0.233 e. The van der Waals surface area contributed by atoms with Crippen LogP contribution in [0.25, 0.3) is 0 Å². The van der Waals surface area contributed by atoms with Gasteiger partial charge in [-0.05, 0) is 0 Å². The predicted molar refractivity (Wildman–Crippen MR) is 61.5 cm³/mol. The molecular formula is C14H10O2. The van der Waals surface area contributed by atoms with Crippen molar-refractivity contribution < 1.29 is 11.0 Å². The van der Waals surface area contributed by atoms with Gasteiger partial charge >= 0.3 is 0 Å². The van der Waals surface area contributed by atoms with Crippen LogP contribution in [0.15, 0.2) is 60.6 Å². The second-order valence-electron chi connectivity index (χ2n) is 3.30. The Labute approximate surface area is 94.9 Å². The van der Waals surface area contributed by atoms with Crippen molar-refractivity contribution in [3.05, 3.63) is 71.8 Å². The van der Waals surface area contributed by atoms with Crippen LogP contribution in [0.3, 0.4) is 0 Å². The van der Waals surface area contributed by atoms with Gasteiger partial charge in [-0.3, -0.25) is 9.59 Å². The minimum Gasteiger partial charge on any atom is -0.285 e. The normalized spacial score (nSPS) is 10.6. The molecule has 0 spiro atoms. The quantitative estimate of drug-likeness (QED) is 0.578. The van der Waals surface area contributed by atoms with E-state index in [1.165, 1.54) is 12.1 Å². The molecule has 78 valence electrons. The Morgan fingerprint density at radius 2 is 1.25 bits per heavy atom. The van der Waals surface area contributed by atoms with Gasteiger partial charge in [0.05, 0.1) is 1.37 Å². The molecule has 2 rings (SSSR count). The van der Waals surface area contributed by atoms with Crippen molar-refractivity contribution in [2.75, 3.05) is 0 Å². The summed E-state index contributed by atoms with van der Waals surface area (Å²) in [5.41, 5.74) is 0.488. The highest BCUT2D eigenvalue weighted by molar-refractivity contribution is 6.49. The molecule has 0 bridgehead atoms. The van der Waals surface area contributed by atoms with Crippen LogP contribution >= 0.6 is 0 Å². The molecule has 0 heterocycles. The first-order chi connectivity index (χ1) is 8.20. The number of carbonyl (C=O) groups excluding carboxylic acids is 2. The molecule has 16 heavy (non-hydrogen) atoms. The second kappa shape index (κ2) is 4.53. The van der Waals surface area contributed by atoms with E-state index >= 15 is 0 Å². The van der Waals surface area contributed by atoms with E-state index in [1.807, 2.05) is 0 Å². The summed E-state index contributed by atoms with van der Waals surface area (Å²) in [5, 5.41) is 0. The summed E-state index contributed by atoms with van der Waals surface area (Å²) in [6.45, 7) is 0. The molecule has 2 heteroatoms. The first kappa shape index (κ1) is 9.04. The number of Topliss-reactive ketones (excluding diaryl/α,β-unsaturated/α-hetero) is 2. The highest BCUT2D eigenvalue weighted by Gasteiger charge is 2.16. The van der Waals surface area contributed by atoms with E-state index < -0.39 is 11.6 Å². The maximum absolute atomic E-state index is 11.9. The zero-order valence-electron chi connectivity index (χ0n) is 9.51. The van der Waals surface area contributed by atoms with Gasteiger partial charge in [0.15, 0.2) is 0 Å². The molecule has 0 radical (unpaired) electrons. The zero-order valence-corrected chi connectivity index (χ0v) is 8.51. The first-order valence-corrected chi connectivity index (χ1v) is 4.90. The lowest BCUT2D eigenvalue weighted by Crippen LogP contribution is -2.14. The zero-order chi connectivity index (χ0) is 12.3. The minimum absolute atomic E-state index is 0.0711. The summed E-state index contributed by atoms with van der Waals surface area (Å²) in [6, 6.07) is 14.7. The van der Waals surface area contributed by atoms with E-state index in [4.69, 9.17) is 1.37 Å². The van der Waals surface area contributed by atoms with Gasteiger partial charge in [0.25, 0.3) is 0 Å². The number of hydrogen-bond acceptors (Lipinski definition) is 2. The van der Waals surface area contributed by atoms with E-state index in [0.29, 0.717) is 5.56 Å². The van der Waals surface area contributed by atoms with Gasteiger partial charge in [-0.2, -0.15) is 0 Å². The van der Waals surface area contributed by atoms with E-state index in [-0.39, 0.29) is 11.6 Å². The van der Waals surface area contributed by atoms with Crippen LogP contribution < -0.4 is 0 Å². The Kier molecular flexibility index (Phi) is 2.56. The topological polar surface area (TPSA) is 34.1 Å². The van der Waals surface area contributed by atoms with Gasteiger partial charge in [-0.1, -0.05) is 60.6 Å². The molecule has 0 aromatic heterocycles. The number of rotatable bonds is 3. The van der Waals surface area contributed by atoms with E-state index in [9.17, 15) is 9.59 Å². The van der Waals surface area contributed by atoms with E-state index in [2.05, 4.69) is 0 Å². The van der Waals surface area contributed by atoms with Crippen LogP contribution in [0.1, 0.15) is 22.1 Å². The minimum atomic E-state index is -0.637. The first-order valence-electron chi connectivity index (χ1n) is 5.40. The summed E-state index contributed by atoms with van der Waals surface area (Å²) in [5.74, 6) is -1.22. The molecule has 0 aliphatic carbocycles. The van der Waals surface area contributed by atoms with Gasteiger partial charge < -0.3 is 0 Å². The SMILES string of the molecule is [2H]c1ccccc1C(=O)C(=O)c1ccccc1. The molecule has 0 fully saturated rings. The number of hydrogen-bond donors (Lipinski definition) is 0. The summed E-state index contributed by atoms with van der Waals surface area (Å²) in [6.07, 6.45) is 0. The van der Waals surface area contributed by atoms with Gasteiger partial charge in [0.1, 0.15) is 0 Å². The van der Waals surface area contributed by atoms with Gasteiger partial charge in [-0.15, -0.1) is 0 Å². The Morgan fingerprint density at radius 1 is 0.750 bits per heavy atom. The van der Waals surface area contributed by atoms with Crippen molar-refractivity contribution in [2.45, 2.75) is 0 Å². The van der Waals surface area contributed by atoms with Gasteiger partial charge in [0.2, 0.25) is 11.6 Å². The molecular weight excluding hydrogens is 200 g/mol. The summed E-state index contributed by atoms with van der Waals surface area (Å²) >= 11 is 0. The predicted octanol–water partition coefficient (Wildman–Crippen LogP) is 2.75. The number of ketones is 2. The molecule has 2 aromatic carbocycles. The maximum atomic E-state index is 11.9. The van der Waals surface area contributed by atoms with E-state index in [1.54, 1.807) is 42.5 Å². The highest BCUT2D eigenvalue weighted by Crippen LogP contribution is 2.07. The molecule has 0 saturated heterocycles. The van der Waals surface area contributed by atoms with Crippen LogP contribution in [0.4, 0.5) is 0 Å². The largest absolute Gasteiger partial charge is 0.285 e. The summed E-state index contributed by atoms with van der Waals surface area (Å²) in [7, 11) is 0. The van der Waals surface area contributed by atoms with Crippen molar-refractivity contribution >= 4 is 11.6 Å².